The minimum Gasteiger partial charge on any atom is -0.304 e. The molecule has 0 N–H and O–H groups in total. The van der Waals surface area contributed by atoms with Crippen LogP contribution in [0.25, 0.3) is 0 Å². The number of hydrogen-bond acceptors (Lipinski definition) is 2. The summed E-state index contributed by atoms with van der Waals surface area (Å²) >= 11 is 5.90. The number of nitrogens with zero attached hydrogens (tertiary/aromatic N) is 1. The van der Waals surface area contributed by atoms with Crippen LogP contribution in [0.3, 0.4) is 0 Å². The highest BCUT2D eigenvalue weighted by atomic mass is 35.5. The molecule has 0 spiro atoms. The molecule has 1 unspecified atom stereocenters. The number of carbonyl (C=O) groups excluding carboxylic acids is 2. The van der Waals surface area contributed by atoms with Crippen molar-refractivity contribution in [3.63, 3.8) is 0 Å². The summed E-state index contributed by atoms with van der Waals surface area (Å²) < 4.78 is 0. The number of unbranched alkanes of at least 4 members (excludes halogenated alkanes) is 1. The summed E-state index contributed by atoms with van der Waals surface area (Å²) in [5, 5.41) is 0.491. The maximum atomic E-state index is 12.1. The van der Waals surface area contributed by atoms with Crippen LogP contribution in [0.1, 0.15) is 49.9 Å². The third kappa shape index (κ3) is 2.88. The van der Waals surface area contributed by atoms with Crippen molar-refractivity contribution >= 4 is 29.0 Å². The van der Waals surface area contributed by atoms with Gasteiger partial charge in [0.05, 0.1) is 11.3 Å². The molecule has 0 aromatic heterocycles. The number of rotatable bonds is 6. The third-order valence-corrected chi connectivity index (χ3v) is 4.15. The van der Waals surface area contributed by atoms with Gasteiger partial charge in [-0.15, -0.1) is 0 Å². The van der Waals surface area contributed by atoms with E-state index < -0.39 is 11.7 Å². The number of Topliss-reactive ketones (excluding diaryl/α,β-unsaturated/α-hetero) is 1. The molecule has 1 atom stereocenters. The Balaban J connectivity index is 2.21. The Hall–Kier alpha value is -1.35. The van der Waals surface area contributed by atoms with Gasteiger partial charge >= 0.3 is 0 Å². The van der Waals surface area contributed by atoms with E-state index in [-0.39, 0.29) is 0 Å². The second-order valence-corrected chi connectivity index (χ2v) is 5.76. The predicted octanol–water partition coefficient (Wildman–Crippen LogP) is 4.09. The Kier molecular flexibility index (Phi) is 4.81. The summed E-state index contributed by atoms with van der Waals surface area (Å²) in [7, 11) is 0. The number of ketones is 1. The summed E-state index contributed by atoms with van der Waals surface area (Å²) in [4.78, 5) is 25.7. The molecule has 108 valence electrons. The van der Waals surface area contributed by atoms with E-state index in [9.17, 15) is 9.59 Å². The van der Waals surface area contributed by atoms with Crippen molar-refractivity contribution in [2.45, 2.75) is 39.5 Å². The van der Waals surface area contributed by atoms with Gasteiger partial charge < -0.3 is 4.90 Å². The van der Waals surface area contributed by atoms with Crippen molar-refractivity contribution in [1.29, 1.82) is 0 Å². The lowest BCUT2D eigenvalue weighted by atomic mass is 9.98. The molecular weight excluding hydrogens is 274 g/mol. The number of fused-ring (bicyclic) bond motifs is 1. The van der Waals surface area contributed by atoms with Crippen LogP contribution in [0.4, 0.5) is 5.69 Å². The van der Waals surface area contributed by atoms with Crippen molar-refractivity contribution < 1.29 is 9.59 Å². The smallest absolute Gasteiger partial charge is 0.299 e. The Morgan fingerprint density at radius 2 is 2.00 bits per heavy atom. The Morgan fingerprint density at radius 3 is 2.65 bits per heavy atom. The van der Waals surface area contributed by atoms with Crippen LogP contribution in [0.2, 0.25) is 5.02 Å². The van der Waals surface area contributed by atoms with Crippen molar-refractivity contribution in [2.75, 3.05) is 11.4 Å². The molecule has 20 heavy (non-hydrogen) atoms. The first-order chi connectivity index (χ1) is 9.58. The summed E-state index contributed by atoms with van der Waals surface area (Å²) in [6.45, 7) is 4.91. The lowest BCUT2D eigenvalue weighted by Gasteiger charge is -2.23. The molecule has 1 aliphatic rings. The summed E-state index contributed by atoms with van der Waals surface area (Å²) in [6, 6.07) is 5.09. The van der Waals surface area contributed by atoms with Gasteiger partial charge in [-0.05, 0) is 30.5 Å². The first-order valence-electron chi connectivity index (χ1n) is 7.24. The first-order valence-corrected chi connectivity index (χ1v) is 7.62. The van der Waals surface area contributed by atoms with Crippen molar-refractivity contribution in [3.05, 3.63) is 28.8 Å². The topological polar surface area (TPSA) is 37.4 Å². The quantitative estimate of drug-likeness (QED) is 0.741. The van der Waals surface area contributed by atoms with Crippen LogP contribution in [0.5, 0.6) is 0 Å². The van der Waals surface area contributed by atoms with Crippen molar-refractivity contribution in [1.82, 2.24) is 0 Å². The molecule has 1 aromatic carbocycles. The molecule has 2 rings (SSSR count). The van der Waals surface area contributed by atoms with E-state index in [2.05, 4.69) is 13.8 Å². The largest absolute Gasteiger partial charge is 0.304 e. The van der Waals surface area contributed by atoms with Crippen LogP contribution in [0, 0.1) is 5.92 Å². The molecule has 1 aromatic rings. The van der Waals surface area contributed by atoms with Gasteiger partial charge in [0.1, 0.15) is 0 Å². The second kappa shape index (κ2) is 6.40. The van der Waals surface area contributed by atoms with E-state index >= 15 is 0 Å². The Bertz CT molecular complexity index is 527. The van der Waals surface area contributed by atoms with Crippen molar-refractivity contribution in [3.8, 4) is 0 Å². The zero-order chi connectivity index (χ0) is 14.7. The molecule has 0 saturated carbocycles. The number of benzene rings is 1. The minimum atomic E-state index is -0.437. The van der Waals surface area contributed by atoms with Gasteiger partial charge in [0, 0.05) is 11.6 Å². The van der Waals surface area contributed by atoms with Gasteiger partial charge in [-0.1, -0.05) is 44.7 Å². The van der Waals surface area contributed by atoms with E-state index in [1.165, 1.54) is 0 Å². The molecular formula is C16H20ClNO2. The van der Waals surface area contributed by atoms with Crippen LogP contribution >= 0.6 is 11.6 Å². The van der Waals surface area contributed by atoms with E-state index in [0.717, 1.165) is 25.7 Å². The Morgan fingerprint density at radius 1 is 1.25 bits per heavy atom. The second-order valence-electron chi connectivity index (χ2n) is 5.32. The number of carbonyl (C=O) groups is 2. The number of hydrogen-bond donors (Lipinski definition) is 0. The molecule has 4 heteroatoms. The maximum Gasteiger partial charge on any atom is 0.299 e. The molecule has 1 heterocycles. The fourth-order valence-corrected chi connectivity index (χ4v) is 2.80. The summed E-state index contributed by atoms with van der Waals surface area (Å²) in [5.41, 5.74) is 1.15. The van der Waals surface area contributed by atoms with Gasteiger partial charge in [0.2, 0.25) is 0 Å². The zero-order valence-corrected chi connectivity index (χ0v) is 12.7. The van der Waals surface area contributed by atoms with Gasteiger partial charge in [0.25, 0.3) is 11.7 Å². The van der Waals surface area contributed by atoms with Crippen molar-refractivity contribution in [2.24, 2.45) is 5.92 Å². The highest BCUT2D eigenvalue weighted by Crippen LogP contribution is 2.32. The average molecular weight is 294 g/mol. The third-order valence-electron chi connectivity index (χ3n) is 3.92. The summed E-state index contributed by atoms with van der Waals surface area (Å²) in [5.74, 6) is -0.418. The molecule has 0 radical (unpaired) electrons. The lowest BCUT2D eigenvalue weighted by Crippen LogP contribution is -2.34. The SMILES string of the molecule is CCCCC(CC)CN1C(=O)C(=O)c2cc(Cl)ccc21. The molecule has 1 amide bonds. The van der Waals surface area contributed by atoms with Crippen LogP contribution in [-0.2, 0) is 4.79 Å². The average Bonchev–Trinajstić information content (AvgIpc) is 2.68. The molecule has 0 fully saturated rings. The fraction of sp³-hybridized carbons (Fsp3) is 0.500. The zero-order valence-electron chi connectivity index (χ0n) is 12.0. The highest BCUT2D eigenvalue weighted by molar-refractivity contribution is 6.52. The van der Waals surface area contributed by atoms with E-state index in [1.807, 2.05) is 0 Å². The maximum absolute atomic E-state index is 12.1. The van der Waals surface area contributed by atoms with Gasteiger partial charge in [-0.3, -0.25) is 9.59 Å². The van der Waals surface area contributed by atoms with E-state index in [1.54, 1.807) is 23.1 Å². The van der Waals surface area contributed by atoms with Crippen LogP contribution in [0.15, 0.2) is 18.2 Å². The number of anilines is 1. The lowest BCUT2D eigenvalue weighted by molar-refractivity contribution is -0.114. The summed E-state index contributed by atoms with van der Waals surface area (Å²) in [6.07, 6.45) is 4.41. The minimum absolute atomic E-state index is 0.419. The van der Waals surface area contributed by atoms with Gasteiger partial charge in [-0.2, -0.15) is 0 Å². The monoisotopic (exact) mass is 293 g/mol. The van der Waals surface area contributed by atoms with Gasteiger partial charge in [-0.25, -0.2) is 0 Å². The van der Waals surface area contributed by atoms with E-state index in [4.69, 9.17) is 11.6 Å². The van der Waals surface area contributed by atoms with Crippen LogP contribution in [-0.4, -0.2) is 18.2 Å². The van der Waals surface area contributed by atoms with E-state index in [0.29, 0.717) is 28.7 Å². The number of halogens is 1. The molecule has 1 aliphatic heterocycles. The fourth-order valence-electron chi connectivity index (χ4n) is 2.63. The normalized spacial score (nSPS) is 15.7. The highest BCUT2D eigenvalue weighted by Gasteiger charge is 2.36. The molecule has 0 bridgehead atoms. The predicted molar refractivity (Wildman–Crippen MR) is 81.4 cm³/mol. The Labute approximate surface area is 124 Å². The van der Waals surface area contributed by atoms with Gasteiger partial charge in [0.15, 0.2) is 0 Å². The van der Waals surface area contributed by atoms with Crippen LogP contribution < -0.4 is 4.90 Å². The standard InChI is InChI=1S/C16H20ClNO2/c1-3-5-6-11(4-2)10-18-14-8-7-12(17)9-13(14)15(19)16(18)20/h7-9,11H,3-6,10H2,1-2H3. The molecule has 0 aliphatic carbocycles. The molecule has 3 nitrogen and oxygen atoms in total. The number of amides is 1. The first kappa shape index (κ1) is 15.0. The molecule has 0 saturated heterocycles.